The van der Waals surface area contributed by atoms with Crippen LogP contribution in [0.5, 0.6) is 0 Å². The maximum absolute atomic E-state index is 11.4. The summed E-state index contributed by atoms with van der Waals surface area (Å²) in [5, 5.41) is 12.1. The zero-order chi connectivity index (χ0) is 15.7. The van der Waals surface area contributed by atoms with Crippen LogP contribution in [0.1, 0.15) is 5.56 Å². The fourth-order valence-electron chi connectivity index (χ4n) is 2.33. The zero-order valence-corrected chi connectivity index (χ0v) is 12.6. The summed E-state index contributed by atoms with van der Waals surface area (Å²) in [7, 11) is 1.78. The molecule has 0 amide bonds. The topological polar surface area (TPSA) is 63.7 Å². The molecule has 0 N–H and O–H groups in total. The Balaban J connectivity index is 1.99. The molecule has 7 heteroatoms. The molecule has 0 saturated carbocycles. The summed E-state index contributed by atoms with van der Waals surface area (Å²) in [6.07, 6.45) is 1.64. The second-order valence-electron chi connectivity index (χ2n) is 4.93. The molecule has 0 fully saturated rings. The molecule has 3 aromatic rings. The van der Waals surface area contributed by atoms with Crippen molar-refractivity contribution in [1.29, 1.82) is 0 Å². The van der Waals surface area contributed by atoms with Crippen molar-refractivity contribution in [2.45, 2.75) is 6.54 Å². The summed E-state index contributed by atoms with van der Waals surface area (Å²) >= 11 is 5.87. The van der Waals surface area contributed by atoms with Gasteiger partial charge in [-0.05, 0) is 28.7 Å². The molecule has 0 spiro atoms. The van der Waals surface area contributed by atoms with E-state index in [0.717, 1.165) is 5.56 Å². The molecule has 0 aliphatic carbocycles. The van der Waals surface area contributed by atoms with E-state index < -0.39 is 4.92 Å². The molecule has 0 aliphatic rings. The van der Waals surface area contributed by atoms with Crippen LogP contribution in [0.2, 0.25) is 5.02 Å². The Morgan fingerprint density at radius 1 is 1.27 bits per heavy atom. The number of imidazole rings is 1. The van der Waals surface area contributed by atoms with Gasteiger partial charge in [0.2, 0.25) is 11.5 Å². The van der Waals surface area contributed by atoms with E-state index in [9.17, 15) is 10.1 Å². The maximum atomic E-state index is 11.4. The van der Waals surface area contributed by atoms with Crippen LogP contribution in [0.25, 0.3) is 5.65 Å². The summed E-state index contributed by atoms with van der Waals surface area (Å²) in [6.45, 7) is 0.502. The fourth-order valence-corrected chi connectivity index (χ4v) is 2.46. The Kier molecular flexibility index (Phi) is 3.68. The first-order valence-corrected chi connectivity index (χ1v) is 7.01. The van der Waals surface area contributed by atoms with Crippen molar-refractivity contribution >= 4 is 28.9 Å². The highest BCUT2D eigenvalue weighted by Crippen LogP contribution is 2.29. The minimum atomic E-state index is -0.409. The summed E-state index contributed by atoms with van der Waals surface area (Å²) in [4.78, 5) is 17.1. The van der Waals surface area contributed by atoms with Gasteiger partial charge >= 0.3 is 5.82 Å². The predicted molar refractivity (Wildman–Crippen MR) is 85.4 cm³/mol. The number of nitrogens with zero attached hydrogens (tertiary/aromatic N) is 4. The lowest BCUT2D eigenvalue weighted by atomic mass is 10.2. The van der Waals surface area contributed by atoms with Crippen molar-refractivity contribution < 1.29 is 4.92 Å². The number of aromatic nitrogens is 2. The zero-order valence-electron chi connectivity index (χ0n) is 11.8. The molecule has 0 saturated heterocycles. The number of rotatable bonds is 4. The van der Waals surface area contributed by atoms with Gasteiger partial charge in [0, 0.05) is 24.7 Å². The quantitative estimate of drug-likeness (QED) is 0.545. The SMILES string of the molecule is CN(Cc1ccc(Cl)cc1)c1nc2ccccn2c1[N+](=O)[O-]. The van der Waals surface area contributed by atoms with Gasteiger partial charge in [0.05, 0.1) is 6.20 Å². The number of hydrogen-bond donors (Lipinski definition) is 0. The molecule has 0 bridgehead atoms. The highest BCUT2D eigenvalue weighted by atomic mass is 35.5. The van der Waals surface area contributed by atoms with E-state index in [1.165, 1.54) is 4.40 Å². The second-order valence-corrected chi connectivity index (χ2v) is 5.36. The van der Waals surface area contributed by atoms with Crippen LogP contribution in [0.3, 0.4) is 0 Å². The average Bonchev–Trinajstić information content (AvgIpc) is 2.89. The third-order valence-corrected chi connectivity index (χ3v) is 3.61. The van der Waals surface area contributed by atoms with Gasteiger partial charge in [0.1, 0.15) is 0 Å². The van der Waals surface area contributed by atoms with Crippen LogP contribution in [0, 0.1) is 10.1 Å². The molecule has 0 radical (unpaired) electrons. The molecular weight excluding hydrogens is 304 g/mol. The van der Waals surface area contributed by atoms with Gasteiger partial charge in [-0.2, -0.15) is 9.38 Å². The number of fused-ring (bicyclic) bond motifs is 1. The normalized spacial score (nSPS) is 10.8. The van der Waals surface area contributed by atoms with Gasteiger partial charge < -0.3 is 15.0 Å². The monoisotopic (exact) mass is 316 g/mol. The third-order valence-electron chi connectivity index (χ3n) is 3.35. The van der Waals surface area contributed by atoms with Crippen LogP contribution in [0.15, 0.2) is 48.7 Å². The lowest BCUT2D eigenvalue weighted by Crippen LogP contribution is -2.18. The lowest BCUT2D eigenvalue weighted by molar-refractivity contribution is -0.389. The molecule has 6 nitrogen and oxygen atoms in total. The number of pyridine rings is 1. The highest BCUT2D eigenvalue weighted by Gasteiger charge is 2.25. The van der Waals surface area contributed by atoms with Crippen LogP contribution in [0.4, 0.5) is 11.6 Å². The summed E-state index contributed by atoms with van der Waals surface area (Å²) in [5.74, 6) is 0.304. The Hall–Kier alpha value is -2.60. The van der Waals surface area contributed by atoms with E-state index in [1.807, 2.05) is 12.1 Å². The van der Waals surface area contributed by atoms with Crippen LogP contribution < -0.4 is 4.90 Å². The molecule has 112 valence electrons. The first kappa shape index (κ1) is 14.3. The van der Waals surface area contributed by atoms with Gasteiger partial charge in [0.15, 0.2) is 0 Å². The van der Waals surface area contributed by atoms with Crippen molar-refractivity contribution in [2.75, 3.05) is 11.9 Å². The van der Waals surface area contributed by atoms with Crippen LogP contribution >= 0.6 is 11.6 Å². The third kappa shape index (κ3) is 2.60. The van der Waals surface area contributed by atoms with Gasteiger partial charge in [-0.1, -0.05) is 29.8 Å². The average molecular weight is 317 g/mol. The Morgan fingerprint density at radius 2 is 2.00 bits per heavy atom. The summed E-state index contributed by atoms with van der Waals surface area (Å²) in [6, 6.07) is 12.7. The molecule has 22 heavy (non-hydrogen) atoms. The van der Waals surface area contributed by atoms with E-state index in [1.54, 1.807) is 48.5 Å². The molecule has 0 atom stereocenters. The van der Waals surface area contributed by atoms with Crippen molar-refractivity contribution in [3.05, 3.63) is 69.4 Å². The Bertz CT molecular complexity index is 829. The predicted octanol–water partition coefficient (Wildman–Crippen LogP) is 3.53. The standard InChI is InChI=1S/C15H13ClN4O2/c1-18(10-11-5-7-12(16)8-6-11)14-15(20(21)22)19-9-3-2-4-13(19)17-14/h2-9H,10H2,1H3. The first-order valence-electron chi connectivity index (χ1n) is 6.63. The van der Waals surface area contributed by atoms with Crippen LogP contribution in [-0.4, -0.2) is 21.4 Å². The summed E-state index contributed by atoms with van der Waals surface area (Å²) < 4.78 is 1.48. The fraction of sp³-hybridized carbons (Fsp3) is 0.133. The number of hydrogen-bond acceptors (Lipinski definition) is 4. The molecule has 1 aromatic carbocycles. The number of anilines is 1. The first-order chi connectivity index (χ1) is 10.6. The molecule has 0 aliphatic heterocycles. The van der Waals surface area contributed by atoms with Crippen molar-refractivity contribution in [1.82, 2.24) is 9.38 Å². The molecule has 0 unspecified atom stereocenters. The number of benzene rings is 1. The van der Waals surface area contributed by atoms with E-state index >= 15 is 0 Å². The Morgan fingerprint density at radius 3 is 2.68 bits per heavy atom. The van der Waals surface area contributed by atoms with Gasteiger partial charge in [-0.25, -0.2) is 0 Å². The summed E-state index contributed by atoms with van der Waals surface area (Å²) in [5.41, 5.74) is 1.55. The van der Waals surface area contributed by atoms with Gasteiger partial charge in [0.25, 0.3) is 0 Å². The molecule has 3 rings (SSSR count). The smallest absolute Gasteiger partial charge is 0.358 e. The highest BCUT2D eigenvalue weighted by molar-refractivity contribution is 6.30. The molecule has 2 aromatic heterocycles. The Labute approximate surface area is 131 Å². The molecular formula is C15H13ClN4O2. The maximum Gasteiger partial charge on any atom is 0.372 e. The second kappa shape index (κ2) is 5.65. The van der Waals surface area contributed by atoms with Crippen LogP contribution in [-0.2, 0) is 6.54 Å². The van der Waals surface area contributed by atoms with Crippen molar-refractivity contribution in [3.63, 3.8) is 0 Å². The van der Waals surface area contributed by atoms with Gasteiger partial charge in [-0.15, -0.1) is 0 Å². The van der Waals surface area contributed by atoms with Crippen molar-refractivity contribution in [2.24, 2.45) is 0 Å². The number of nitro groups is 1. The number of halogens is 1. The van der Waals surface area contributed by atoms with E-state index in [4.69, 9.17) is 11.6 Å². The van der Waals surface area contributed by atoms with Crippen molar-refractivity contribution in [3.8, 4) is 0 Å². The minimum absolute atomic E-state index is 0.0351. The van der Waals surface area contributed by atoms with Gasteiger partial charge in [-0.3, -0.25) is 0 Å². The molecule has 2 heterocycles. The van der Waals surface area contributed by atoms with E-state index in [2.05, 4.69) is 4.98 Å². The largest absolute Gasteiger partial charge is 0.372 e. The minimum Gasteiger partial charge on any atom is -0.358 e. The lowest BCUT2D eigenvalue weighted by Gasteiger charge is -2.16. The van der Waals surface area contributed by atoms with E-state index in [-0.39, 0.29) is 5.82 Å². The van der Waals surface area contributed by atoms with E-state index in [0.29, 0.717) is 23.0 Å².